The second-order valence-corrected chi connectivity index (χ2v) is 6.54. The second-order valence-electron chi connectivity index (χ2n) is 5.69. The maximum absolute atomic E-state index is 3.75. The molecule has 2 nitrogen and oxygen atoms in total. The fraction of sp³-hybridized carbons (Fsp3) is 0.667. The van der Waals surface area contributed by atoms with Gasteiger partial charge in [0.2, 0.25) is 0 Å². The van der Waals surface area contributed by atoms with Crippen LogP contribution in [0.1, 0.15) is 57.6 Å². The molecule has 0 aliphatic rings. The van der Waals surface area contributed by atoms with Crippen LogP contribution in [0.2, 0.25) is 0 Å². The van der Waals surface area contributed by atoms with Crippen molar-refractivity contribution in [1.29, 1.82) is 0 Å². The molecule has 0 amide bonds. The molecule has 0 atom stereocenters. The maximum atomic E-state index is 3.75. The van der Waals surface area contributed by atoms with Crippen molar-refractivity contribution >= 4 is 15.9 Å². The summed E-state index contributed by atoms with van der Waals surface area (Å²) in [6.07, 6.45) is 5.12. The van der Waals surface area contributed by atoms with Gasteiger partial charge in [-0.2, -0.15) is 0 Å². The molecule has 0 saturated heterocycles. The van der Waals surface area contributed by atoms with Crippen molar-refractivity contribution in [2.75, 3.05) is 19.6 Å². The van der Waals surface area contributed by atoms with Crippen LogP contribution >= 0.6 is 15.9 Å². The van der Waals surface area contributed by atoms with Gasteiger partial charge in [0, 0.05) is 17.6 Å². The summed E-state index contributed by atoms with van der Waals surface area (Å²) in [6.45, 7) is 12.1. The molecule has 0 aromatic heterocycles. The summed E-state index contributed by atoms with van der Waals surface area (Å²) in [5, 5.41) is 3.38. The molecule has 1 rings (SSSR count). The minimum absolute atomic E-state index is 0.949. The van der Waals surface area contributed by atoms with Gasteiger partial charge in [-0.1, -0.05) is 61.7 Å². The monoisotopic (exact) mass is 354 g/mol. The van der Waals surface area contributed by atoms with Crippen molar-refractivity contribution in [3.05, 3.63) is 33.8 Å². The highest BCUT2D eigenvalue weighted by Gasteiger charge is 2.08. The number of nitrogens with one attached hydrogen (secondary N) is 1. The Hall–Kier alpha value is -0.380. The quantitative estimate of drug-likeness (QED) is 0.603. The van der Waals surface area contributed by atoms with Crippen molar-refractivity contribution in [3.63, 3.8) is 0 Å². The molecule has 21 heavy (non-hydrogen) atoms. The summed E-state index contributed by atoms with van der Waals surface area (Å²) in [5.74, 6) is 0. The van der Waals surface area contributed by atoms with E-state index in [2.05, 4.69) is 65.1 Å². The second kappa shape index (κ2) is 11.2. The van der Waals surface area contributed by atoms with Gasteiger partial charge in [-0.05, 0) is 49.7 Å². The first-order valence-corrected chi connectivity index (χ1v) is 9.20. The average molecular weight is 355 g/mol. The van der Waals surface area contributed by atoms with Crippen LogP contribution in [0.4, 0.5) is 0 Å². The van der Waals surface area contributed by atoms with E-state index in [1.807, 2.05) is 0 Å². The number of hydrogen-bond acceptors (Lipinski definition) is 2. The van der Waals surface area contributed by atoms with Crippen molar-refractivity contribution in [1.82, 2.24) is 10.2 Å². The number of hydrogen-bond donors (Lipinski definition) is 1. The third-order valence-corrected chi connectivity index (χ3v) is 4.48. The Morgan fingerprint density at radius 2 is 1.71 bits per heavy atom. The summed E-state index contributed by atoms with van der Waals surface area (Å²) in [7, 11) is 0. The van der Waals surface area contributed by atoms with Gasteiger partial charge < -0.3 is 5.32 Å². The fourth-order valence-electron chi connectivity index (χ4n) is 2.37. The van der Waals surface area contributed by atoms with Crippen molar-refractivity contribution in [2.24, 2.45) is 0 Å². The zero-order valence-electron chi connectivity index (χ0n) is 13.9. The minimum atomic E-state index is 0.949. The molecular weight excluding hydrogens is 324 g/mol. The Morgan fingerprint density at radius 1 is 1.05 bits per heavy atom. The van der Waals surface area contributed by atoms with Crippen LogP contribution in [0.25, 0.3) is 0 Å². The number of rotatable bonds is 11. The van der Waals surface area contributed by atoms with E-state index in [4.69, 9.17) is 0 Å². The molecule has 0 unspecified atom stereocenters. The molecule has 0 aliphatic heterocycles. The Balaban J connectivity index is 2.64. The highest BCUT2D eigenvalue weighted by atomic mass is 79.9. The normalized spacial score (nSPS) is 11.3. The maximum Gasteiger partial charge on any atom is 0.0244 e. The van der Waals surface area contributed by atoms with Gasteiger partial charge >= 0.3 is 0 Å². The predicted molar refractivity (Wildman–Crippen MR) is 96.6 cm³/mol. The lowest BCUT2D eigenvalue weighted by atomic mass is 10.1. The average Bonchev–Trinajstić information content (AvgIpc) is 2.49. The summed E-state index contributed by atoms with van der Waals surface area (Å²) in [6, 6.07) is 6.79. The predicted octanol–water partition coefficient (Wildman–Crippen LogP) is 4.96. The van der Waals surface area contributed by atoms with Gasteiger partial charge in [0.1, 0.15) is 0 Å². The smallest absolute Gasteiger partial charge is 0.0244 e. The number of unbranched alkanes of at least 4 members (excludes halogenated alkanes) is 2. The molecule has 0 aliphatic carbocycles. The Labute approximate surface area is 139 Å². The van der Waals surface area contributed by atoms with Crippen LogP contribution in [0.5, 0.6) is 0 Å². The highest BCUT2D eigenvalue weighted by Crippen LogP contribution is 2.21. The summed E-state index contributed by atoms with van der Waals surface area (Å²) >= 11 is 3.75. The molecular formula is C18H31BrN2. The molecule has 1 aromatic rings. The van der Waals surface area contributed by atoms with Gasteiger partial charge in [-0.3, -0.25) is 4.90 Å². The van der Waals surface area contributed by atoms with Crippen molar-refractivity contribution < 1.29 is 0 Å². The summed E-state index contributed by atoms with van der Waals surface area (Å²) in [4.78, 5) is 2.59. The lowest BCUT2D eigenvalue weighted by Gasteiger charge is -2.23. The van der Waals surface area contributed by atoms with Gasteiger partial charge in [-0.25, -0.2) is 0 Å². The topological polar surface area (TPSA) is 15.3 Å². The van der Waals surface area contributed by atoms with E-state index in [9.17, 15) is 0 Å². The lowest BCUT2D eigenvalue weighted by molar-refractivity contribution is 0.256. The zero-order valence-corrected chi connectivity index (χ0v) is 15.5. The number of halogens is 1. The Kier molecular flexibility index (Phi) is 9.98. The first-order chi connectivity index (χ1) is 10.2. The van der Waals surface area contributed by atoms with Crippen molar-refractivity contribution in [3.8, 4) is 0 Å². The molecule has 1 aromatic carbocycles. The molecule has 1 N–H and O–H groups in total. The van der Waals surface area contributed by atoms with Crippen LogP contribution in [-0.4, -0.2) is 24.5 Å². The third kappa shape index (κ3) is 7.44. The van der Waals surface area contributed by atoms with Gasteiger partial charge in [0.25, 0.3) is 0 Å². The van der Waals surface area contributed by atoms with E-state index in [1.54, 1.807) is 0 Å². The van der Waals surface area contributed by atoms with Crippen LogP contribution in [-0.2, 0) is 13.1 Å². The Bertz CT molecular complexity index is 385. The van der Waals surface area contributed by atoms with Crippen molar-refractivity contribution in [2.45, 2.75) is 59.5 Å². The molecule has 0 saturated carbocycles. The summed E-state index contributed by atoms with van der Waals surface area (Å²) < 4.78 is 1.25. The van der Waals surface area contributed by atoms with E-state index < -0.39 is 0 Å². The fourth-order valence-corrected chi connectivity index (χ4v) is 2.92. The van der Waals surface area contributed by atoms with Crippen LogP contribution < -0.4 is 5.32 Å². The third-order valence-electron chi connectivity index (χ3n) is 3.75. The summed E-state index contributed by atoms with van der Waals surface area (Å²) in [5.41, 5.74) is 2.75. The molecule has 0 spiro atoms. The largest absolute Gasteiger partial charge is 0.313 e. The lowest BCUT2D eigenvalue weighted by Crippen LogP contribution is -2.25. The van der Waals surface area contributed by atoms with Gasteiger partial charge in [0.15, 0.2) is 0 Å². The van der Waals surface area contributed by atoms with Crippen LogP contribution in [0, 0.1) is 0 Å². The van der Waals surface area contributed by atoms with E-state index in [0.29, 0.717) is 0 Å². The first kappa shape index (κ1) is 18.7. The van der Waals surface area contributed by atoms with E-state index in [1.165, 1.54) is 54.4 Å². The van der Waals surface area contributed by atoms with E-state index in [-0.39, 0.29) is 0 Å². The first-order valence-electron chi connectivity index (χ1n) is 8.41. The molecule has 120 valence electrons. The number of nitrogens with zero attached hydrogens (tertiary/aromatic N) is 1. The van der Waals surface area contributed by atoms with Gasteiger partial charge in [-0.15, -0.1) is 0 Å². The SMILES string of the molecule is CCCCN(CCCC)Cc1ccc(CNCC)cc1Br. The van der Waals surface area contributed by atoms with E-state index in [0.717, 1.165) is 19.6 Å². The van der Waals surface area contributed by atoms with Crippen LogP contribution in [0.15, 0.2) is 22.7 Å². The molecule has 3 heteroatoms. The minimum Gasteiger partial charge on any atom is -0.313 e. The number of benzene rings is 1. The zero-order chi connectivity index (χ0) is 15.5. The Morgan fingerprint density at radius 3 is 2.24 bits per heavy atom. The standard InChI is InChI=1S/C18H31BrN2/c1-4-7-11-21(12-8-5-2)15-17-10-9-16(13-18(17)19)14-20-6-3/h9-10,13,20H,4-8,11-12,14-15H2,1-3H3. The van der Waals surface area contributed by atoms with E-state index >= 15 is 0 Å². The highest BCUT2D eigenvalue weighted by molar-refractivity contribution is 9.10. The molecule has 0 heterocycles. The molecule has 0 fully saturated rings. The van der Waals surface area contributed by atoms with Gasteiger partial charge in [0.05, 0.1) is 0 Å². The molecule has 0 bridgehead atoms. The molecule has 0 radical (unpaired) electrons. The van der Waals surface area contributed by atoms with Crippen LogP contribution in [0.3, 0.4) is 0 Å².